The molecule has 0 spiro atoms. The second-order valence-electron chi connectivity index (χ2n) is 6.68. The van der Waals surface area contributed by atoms with Crippen molar-refractivity contribution in [2.75, 3.05) is 20.3 Å². The smallest absolute Gasteiger partial charge is 0.306 e. The number of halogens is 2. The van der Waals surface area contributed by atoms with Crippen LogP contribution in [0, 0.1) is 5.82 Å². The average Bonchev–Trinajstić information content (AvgIpc) is 2.70. The number of ether oxygens (including phenoxy) is 3. The van der Waals surface area contributed by atoms with E-state index in [1.807, 2.05) is 30.3 Å². The number of esters is 1. The van der Waals surface area contributed by atoms with E-state index in [1.165, 1.54) is 13.2 Å². The maximum atomic E-state index is 14.4. The standard InChI is InChI=1S/C21H22BrFO4/c1-25-20(24)13-21(7-9-26-10-8-21)16-11-18(23)17(22)12-19(16)27-14-15-5-3-2-4-6-15/h2-6,11-12H,7-10,13-14H2,1H3. The van der Waals surface area contributed by atoms with Gasteiger partial charge in [0.05, 0.1) is 18.0 Å². The Labute approximate surface area is 166 Å². The molecule has 6 heteroatoms. The molecule has 2 aromatic carbocycles. The highest BCUT2D eigenvalue weighted by atomic mass is 79.9. The Morgan fingerprint density at radius 2 is 1.93 bits per heavy atom. The third kappa shape index (κ3) is 4.68. The minimum absolute atomic E-state index is 0.162. The zero-order valence-electron chi connectivity index (χ0n) is 15.2. The lowest BCUT2D eigenvalue weighted by Gasteiger charge is -2.38. The van der Waals surface area contributed by atoms with E-state index in [2.05, 4.69) is 15.9 Å². The predicted molar refractivity (Wildman–Crippen MR) is 103 cm³/mol. The van der Waals surface area contributed by atoms with Crippen molar-refractivity contribution in [2.45, 2.75) is 31.3 Å². The fourth-order valence-corrected chi connectivity index (χ4v) is 3.77. The second-order valence-corrected chi connectivity index (χ2v) is 7.54. The zero-order chi connectivity index (χ0) is 19.3. The summed E-state index contributed by atoms with van der Waals surface area (Å²) in [7, 11) is 1.37. The van der Waals surface area contributed by atoms with E-state index in [0.717, 1.165) is 5.56 Å². The molecule has 0 unspecified atom stereocenters. The van der Waals surface area contributed by atoms with Gasteiger partial charge in [0.25, 0.3) is 0 Å². The predicted octanol–water partition coefficient (Wildman–Crippen LogP) is 4.78. The molecule has 0 aromatic heterocycles. The van der Waals surface area contributed by atoms with Crippen molar-refractivity contribution in [3.8, 4) is 5.75 Å². The molecule has 1 aliphatic rings. The van der Waals surface area contributed by atoms with E-state index in [4.69, 9.17) is 14.2 Å². The molecule has 0 atom stereocenters. The normalized spacial score (nSPS) is 16.0. The van der Waals surface area contributed by atoms with E-state index in [9.17, 15) is 9.18 Å². The first-order valence-corrected chi connectivity index (χ1v) is 9.64. The van der Waals surface area contributed by atoms with Crippen molar-refractivity contribution in [1.82, 2.24) is 0 Å². The van der Waals surface area contributed by atoms with Crippen LogP contribution < -0.4 is 4.74 Å². The van der Waals surface area contributed by atoms with Crippen LogP contribution in [0.4, 0.5) is 4.39 Å². The molecule has 0 amide bonds. The number of hydrogen-bond donors (Lipinski definition) is 0. The zero-order valence-corrected chi connectivity index (χ0v) is 16.8. The molecular formula is C21H22BrFO4. The van der Waals surface area contributed by atoms with Crippen molar-refractivity contribution in [2.24, 2.45) is 0 Å². The molecule has 0 N–H and O–H groups in total. The maximum absolute atomic E-state index is 14.4. The second kappa shape index (κ2) is 8.85. The van der Waals surface area contributed by atoms with E-state index in [1.54, 1.807) is 6.07 Å². The summed E-state index contributed by atoms with van der Waals surface area (Å²) in [6.07, 6.45) is 1.37. The van der Waals surface area contributed by atoms with Gasteiger partial charge in [-0.15, -0.1) is 0 Å². The first kappa shape index (κ1) is 19.8. The van der Waals surface area contributed by atoms with Gasteiger partial charge in [-0.05, 0) is 46.5 Å². The van der Waals surface area contributed by atoms with Gasteiger partial charge >= 0.3 is 5.97 Å². The number of benzene rings is 2. The average molecular weight is 437 g/mol. The molecule has 27 heavy (non-hydrogen) atoms. The van der Waals surface area contributed by atoms with Gasteiger partial charge in [0.2, 0.25) is 0 Å². The molecule has 144 valence electrons. The fraction of sp³-hybridized carbons (Fsp3) is 0.381. The van der Waals surface area contributed by atoms with Crippen LogP contribution in [0.3, 0.4) is 0 Å². The van der Waals surface area contributed by atoms with Crippen molar-refractivity contribution >= 4 is 21.9 Å². The summed E-state index contributed by atoms with van der Waals surface area (Å²) < 4.78 is 31.2. The van der Waals surface area contributed by atoms with Crippen molar-refractivity contribution < 1.29 is 23.4 Å². The van der Waals surface area contributed by atoms with Crippen LogP contribution in [-0.2, 0) is 26.3 Å². The van der Waals surface area contributed by atoms with Crippen molar-refractivity contribution in [3.05, 3.63) is 63.9 Å². The van der Waals surface area contributed by atoms with Crippen LogP contribution in [0.25, 0.3) is 0 Å². The summed E-state index contributed by atoms with van der Waals surface area (Å²) >= 11 is 3.24. The highest BCUT2D eigenvalue weighted by molar-refractivity contribution is 9.10. The number of methoxy groups -OCH3 is 1. The lowest BCUT2D eigenvalue weighted by Crippen LogP contribution is -2.37. The Kier molecular flexibility index (Phi) is 6.50. The van der Waals surface area contributed by atoms with E-state index < -0.39 is 5.41 Å². The molecule has 1 aliphatic heterocycles. The van der Waals surface area contributed by atoms with Crippen molar-refractivity contribution in [3.63, 3.8) is 0 Å². The quantitative estimate of drug-likeness (QED) is 0.611. The molecule has 2 aromatic rings. The third-order valence-electron chi connectivity index (χ3n) is 4.99. The first-order valence-electron chi connectivity index (χ1n) is 8.85. The van der Waals surface area contributed by atoms with Crippen molar-refractivity contribution in [1.29, 1.82) is 0 Å². The van der Waals surface area contributed by atoms with Crippen LogP contribution in [0.5, 0.6) is 5.75 Å². The van der Waals surface area contributed by atoms with Gasteiger partial charge in [-0.25, -0.2) is 4.39 Å². The minimum Gasteiger partial charge on any atom is -0.489 e. The summed E-state index contributed by atoms with van der Waals surface area (Å²) in [5, 5.41) is 0. The van der Waals surface area contributed by atoms with Gasteiger partial charge in [0.15, 0.2) is 0 Å². The molecule has 0 aliphatic carbocycles. The van der Waals surface area contributed by atoms with Crippen LogP contribution >= 0.6 is 15.9 Å². The summed E-state index contributed by atoms with van der Waals surface area (Å²) in [5.41, 5.74) is 1.13. The molecule has 3 rings (SSSR count). The number of carbonyl (C=O) groups excluding carboxylic acids is 1. The number of hydrogen-bond acceptors (Lipinski definition) is 4. The van der Waals surface area contributed by atoms with Crippen LogP contribution in [-0.4, -0.2) is 26.3 Å². The molecule has 1 heterocycles. The molecule has 4 nitrogen and oxygen atoms in total. The maximum Gasteiger partial charge on any atom is 0.306 e. The summed E-state index contributed by atoms with van der Waals surface area (Å²) in [4.78, 5) is 12.1. The van der Waals surface area contributed by atoms with Crippen LogP contribution in [0.15, 0.2) is 46.9 Å². The monoisotopic (exact) mass is 436 g/mol. The lowest BCUT2D eigenvalue weighted by molar-refractivity contribution is -0.143. The molecule has 0 saturated carbocycles. The van der Waals surface area contributed by atoms with Gasteiger partial charge in [-0.2, -0.15) is 0 Å². The third-order valence-corrected chi connectivity index (χ3v) is 5.60. The topological polar surface area (TPSA) is 44.8 Å². The number of rotatable bonds is 6. The van der Waals surface area contributed by atoms with E-state index in [-0.39, 0.29) is 18.2 Å². The molecular weight excluding hydrogens is 415 g/mol. The molecule has 1 fully saturated rings. The Morgan fingerprint density at radius 3 is 2.59 bits per heavy atom. The Balaban J connectivity index is 1.97. The molecule has 1 saturated heterocycles. The van der Waals surface area contributed by atoms with Crippen LogP contribution in [0.1, 0.15) is 30.4 Å². The largest absolute Gasteiger partial charge is 0.489 e. The van der Waals surface area contributed by atoms with Gasteiger partial charge in [0.1, 0.15) is 18.2 Å². The minimum atomic E-state index is -0.571. The Hall–Kier alpha value is -1.92. The summed E-state index contributed by atoms with van der Waals surface area (Å²) in [6, 6.07) is 12.9. The highest BCUT2D eigenvalue weighted by Gasteiger charge is 2.40. The van der Waals surface area contributed by atoms with E-state index >= 15 is 0 Å². The van der Waals surface area contributed by atoms with Gasteiger partial charge in [-0.3, -0.25) is 4.79 Å². The van der Waals surface area contributed by atoms with E-state index in [0.29, 0.717) is 48.4 Å². The van der Waals surface area contributed by atoms with Gasteiger partial charge < -0.3 is 14.2 Å². The molecule has 0 bridgehead atoms. The van der Waals surface area contributed by atoms with Gasteiger partial charge in [0, 0.05) is 24.2 Å². The van der Waals surface area contributed by atoms with Crippen LogP contribution in [0.2, 0.25) is 0 Å². The number of carbonyl (C=O) groups is 1. The molecule has 0 radical (unpaired) electrons. The Bertz CT molecular complexity index is 788. The highest BCUT2D eigenvalue weighted by Crippen LogP contribution is 2.44. The Morgan fingerprint density at radius 1 is 1.22 bits per heavy atom. The van der Waals surface area contributed by atoms with Gasteiger partial charge in [-0.1, -0.05) is 30.3 Å². The first-order chi connectivity index (χ1) is 13.0. The summed E-state index contributed by atoms with van der Waals surface area (Å²) in [6.45, 7) is 1.37. The lowest BCUT2D eigenvalue weighted by atomic mass is 9.71. The summed E-state index contributed by atoms with van der Waals surface area (Å²) in [5.74, 6) is -0.139. The fourth-order valence-electron chi connectivity index (χ4n) is 3.45. The SMILES string of the molecule is COC(=O)CC1(c2cc(F)c(Br)cc2OCc2ccccc2)CCOCC1.